The lowest BCUT2D eigenvalue weighted by molar-refractivity contribution is 0.224. The summed E-state index contributed by atoms with van der Waals surface area (Å²) in [4.78, 5) is 4.77. The van der Waals surface area contributed by atoms with Gasteiger partial charge < -0.3 is 5.11 Å². The van der Waals surface area contributed by atoms with E-state index in [2.05, 4.69) is 28.9 Å². The lowest BCUT2D eigenvalue weighted by Crippen LogP contribution is -2.21. The zero-order chi connectivity index (χ0) is 22.9. The summed E-state index contributed by atoms with van der Waals surface area (Å²) >= 11 is 4.80. The van der Waals surface area contributed by atoms with Gasteiger partial charge in [-0.1, -0.05) is 71.7 Å². The third kappa shape index (κ3) is 6.76. The maximum Gasteiger partial charge on any atom is 0.115 e. The van der Waals surface area contributed by atoms with Crippen LogP contribution in [0.3, 0.4) is 0 Å². The van der Waals surface area contributed by atoms with Gasteiger partial charge in [-0.2, -0.15) is 5.26 Å². The highest BCUT2D eigenvalue weighted by Crippen LogP contribution is 2.34. The van der Waals surface area contributed by atoms with Gasteiger partial charge in [0.1, 0.15) is 11.1 Å². The Kier molecular flexibility index (Phi) is 9.49. The Morgan fingerprint density at radius 3 is 2.53 bits per heavy atom. The third-order valence-electron chi connectivity index (χ3n) is 4.84. The topological polar surface area (TPSA) is 74.0 Å². The van der Waals surface area contributed by atoms with Crippen molar-refractivity contribution in [2.24, 2.45) is 0 Å². The van der Waals surface area contributed by atoms with E-state index in [9.17, 15) is 14.6 Å². The molecule has 0 aliphatic heterocycles. The van der Waals surface area contributed by atoms with E-state index in [0.29, 0.717) is 22.1 Å². The number of nitrogens with zero attached hydrogens (tertiary/aromatic N) is 2. The largest absolute Gasteiger partial charge is 0.391 e. The molecule has 0 bridgehead atoms. The number of aliphatic hydroxyl groups is 1. The number of aliphatic hydroxyl groups excluding tert-OH is 1. The van der Waals surface area contributed by atoms with Crippen LogP contribution in [0.25, 0.3) is 22.4 Å². The minimum absolute atomic E-state index is 0.243. The summed E-state index contributed by atoms with van der Waals surface area (Å²) in [7, 11) is -1.04. The van der Waals surface area contributed by atoms with Crippen molar-refractivity contribution < 1.29 is 9.32 Å². The first-order chi connectivity index (χ1) is 15.5. The van der Waals surface area contributed by atoms with E-state index in [1.54, 1.807) is 0 Å². The maximum absolute atomic E-state index is 12.1. The lowest BCUT2D eigenvalue weighted by Gasteiger charge is -2.14. The molecule has 0 amide bonds. The van der Waals surface area contributed by atoms with Crippen LogP contribution in [0.2, 0.25) is 0 Å². The second kappa shape index (κ2) is 12.3. The molecule has 0 saturated heterocycles. The molecule has 32 heavy (non-hydrogen) atoms. The molecule has 2 atom stereocenters. The number of thioether (sulfide) groups is 1. The van der Waals surface area contributed by atoms with Gasteiger partial charge in [-0.05, 0) is 30.2 Å². The Labute approximate surface area is 204 Å². The molecule has 3 rings (SSSR count). The van der Waals surface area contributed by atoms with Crippen molar-refractivity contribution >= 4 is 38.5 Å². The summed E-state index contributed by atoms with van der Waals surface area (Å²) in [5.74, 6) is 1.18. The first-order valence-electron chi connectivity index (χ1n) is 10.4. The van der Waals surface area contributed by atoms with Gasteiger partial charge in [0.2, 0.25) is 0 Å². The fraction of sp³-hybridized carbons (Fsp3) is 0.280. The second-order valence-corrected chi connectivity index (χ2v) is 10.9. The van der Waals surface area contributed by atoms with Crippen LogP contribution in [0, 0.1) is 11.3 Å². The molecule has 0 aliphatic rings. The van der Waals surface area contributed by atoms with Crippen LogP contribution in [0.4, 0.5) is 0 Å². The maximum atomic E-state index is 12.1. The second-order valence-electron chi connectivity index (χ2n) is 7.35. The van der Waals surface area contributed by atoms with Crippen LogP contribution in [0.1, 0.15) is 25.3 Å². The highest BCUT2D eigenvalue weighted by Gasteiger charge is 2.18. The molecular weight excluding hydrogens is 504 g/mol. The quantitative estimate of drug-likeness (QED) is 0.324. The van der Waals surface area contributed by atoms with Gasteiger partial charge in [-0.15, -0.1) is 11.8 Å². The number of pyridine rings is 1. The standard InChI is InChI=1S/C25H25BrN2O2S2/c1-2-3-13-32(30)17-21(29)16-31-25-23(15-27)22(18-7-5-4-6-8-18)14-24(28-25)19-9-11-20(26)12-10-19/h4-12,14,21,29H,2-3,13,16-17H2,1H3/t21-,32+/m1/s1. The molecule has 0 spiro atoms. The summed E-state index contributed by atoms with van der Waals surface area (Å²) in [6.45, 7) is 2.06. The van der Waals surface area contributed by atoms with Crippen molar-refractivity contribution in [3.63, 3.8) is 0 Å². The van der Waals surface area contributed by atoms with Gasteiger partial charge in [0, 0.05) is 37.9 Å². The van der Waals surface area contributed by atoms with E-state index in [1.807, 2.05) is 60.7 Å². The number of rotatable bonds is 10. The predicted octanol–water partition coefficient (Wildman–Crippen LogP) is 6.05. The molecule has 3 aromatic rings. The molecular formula is C25H25BrN2O2S2. The number of aromatic nitrogens is 1. The van der Waals surface area contributed by atoms with Crippen LogP contribution >= 0.6 is 27.7 Å². The SMILES string of the molecule is CCCC[S@](=O)C[C@H](O)CSc1nc(-c2ccc(Br)cc2)cc(-c2ccccc2)c1C#N. The van der Waals surface area contributed by atoms with Crippen LogP contribution < -0.4 is 0 Å². The molecule has 0 aliphatic carbocycles. The molecule has 4 nitrogen and oxygen atoms in total. The molecule has 0 saturated carbocycles. The number of hydrogen-bond donors (Lipinski definition) is 1. The van der Waals surface area contributed by atoms with Crippen molar-refractivity contribution in [1.82, 2.24) is 4.98 Å². The van der Waals surface area contributed by atoms with Crippen molar-refractivity contribution in [2.75, 3.05) is 17.3 Å². The zero-order valence-corrected chi connectivity index (χ0v) is 21.0. The molecule has 0 radical (unpaired) electrons. The van der Waals surface area contributed by atoms with Gasteiger partial charge in [-0.3, -0.25) is 4.21 Å². The third-order valence-corrected chi connectivity index (χ3v) is 7.99. The average molecular weight is 530 g/mol. The van der Waals surface area contributed by atoms with Gasteiger partial charge >= 0.3 is 0 Å². The zero-order valence-electron chi connectivity index (χ0n) is 17.8. The van der Waals surface area contributed by atoms with Crippen molar-refractivity contribution in [3.05, 3.63) is 70.7 Å². The summed E-state index contributed by atoms with van der Waals surface area (Å²) in [5, 5.41) is 20.9. The van der Waals surface area contributed by atoms with E-state index < -0.39 is 16.9 Å². The molecule has 0 fully saturated rings. The van der Waals surface area contributed by atoms with Crippen LogP contribution in [0.15, 0.2) is 70.2 Å². The van der Waals surface area contributed by atoms with Crippen molar-refractivity contribution in [3.8, 4) is 28.5 Å². The molecule has 0 unspecified atom stereocenters. The van der Waals surface area contributed by atoms with Crippen LogP contribution in [0.5, 0.6) is 0 Å². The summed E-state index contributed by atoms with van der Waals surface area (Å²) in [5.41, 5.74) is 3.94. The fourth-order valence-corrected chi connectivity index (χ4v) is 5.84. The summed E-state index contributed by atoms with van der Waals surface area (Å²) in [6, 6.07) is 21.9. The number of nitriles is 1. The highest BCUT2D eigenvalue weighted by molar-refractivity contribution is 9.10. The molecule has 1 N–H and O–H groups in total. The Hall–Kier alpha value is -1.98. The first kappa shape index (κ1) is 24.7. The fourth-order valence-electron chi connectivity index (χ4n) is 3.17. The Morgan fingerprint density at radius 1 is 1.16 bits per heavy atom. The summed E-state index contributed by atoms with van der Waals surface area (Å²) < 4.78 is 13.1. The van der Waals surface area contributed by atoms with Crippen LogP contribution in [-0.2, 0) is 10.8 Å². The number of hydrogen-bond acceptors (Lipinski definition) is 5. The monoisotopic (exact) mass is 528 g/mol. The Balaban J connectivity index is 1.93. The molecule has 7 heteroatoms. The first-order valence-corrected chi connectivity index (χ1v) is 13.7. The van der Waals surface area contributed by atoms with E-state index in [1.165, 1.54) is 11.8 Å². The normalized spacial score (nSPS) is 12.8. The van der Waals surface area contributed by atoms with Crippen molar-refractivity contribution in [1.29, 1.82) is 5.26 Å². The van der Waals surface area contributed by atoms with Crippen molar-refractivity contribution in [2.45, 2.75) is 30.9 Å². The van der Waals surface area contributed by atoms with Gasteiger partial charge in [0.25, 0.3) is 0 Å². The predicted molar refractivity (Wildman–Crippen MR) is 137 cm³/mol. The van der Waals surface area contributed by atoms with E-state index in [-0.39, 0.29) is 5.75 Å². The van der Waals surface area contributed by atoms with Gasteiger partial charge in [-0.25, -0.2) is 4.98 Å². The molecule has 166 valence electrons. The lowest BCUT2D eigenvalue weighted by atomic mass is 9.99. The average Bonchev–Trinajstić information content (AvgIpc) is 2.81. The van der Waals surface area contributed by atoms with E-state index in [4.69, 9.17) is 4.98 Å². The van der Waals surface area contributed by atoms with Gasteiger partial charge in [0.05, 0.1) is 23.1 Å². The minimum atomic E-state index is -1.04. The number of halogens is 1. The van der Waals surface area contributed by atoms with Gasteiger partial charge in [0.15, 0.2) is 0 Å². The number of benzene rings is 2. The van der Waals surface area contributed by atoms with E-state index in [0.717, 1.165) is 39.7 Å². The Bertz CT molecular complexity index is 1100. The van der Waals surface area contributed by atoms with E-state index >= 15 is 0 Å². The minimum Gasteiger partial charge on any atom is -0.391 e. The number of unbranched alkanes of at least 4 members (excludes halogenated alkanes) is 1. The Morgan fingerprint density at radius 2 is 1.88 bits per heavy atom. The smallest absolute Gasteiger partial charge is 0.115 e. The molecule has 1 heterocycles. The summed E-state index contributed by atoms with van der Waals surface area (Å²) in [6.07, 6.45) is 1.15. The van der Waals surface area contributed by atoms with Crippen LogP contribution in [-0.4, -0.2) is 37.7 Å². The molecule has 2 aromatic carbocycles. The highest BCUT2D eigenvalue weighted by atomic mass is 79.9. The molecule has 1 aromatic heterocycles.